The number of thiocarbonyl (C=S) groups is 1. The first-order valence-electron chi connectivity index (χ1n) is 11.7. The summed E-state index contributed by atoms with van der Waals surface area (Å²) in [5.41, 5.74) is 5.59. The molecular formula is C28H29N3O3S. The summed E-state index contributed by atoms with van der Waals surface area (Å²) in [4.78, 5) is 27.6. The van der Waals surface area contributed by atoms with Gasteiger partial charge in [0.05, 0.1) is 12.8 Å². The molecule has 0 bridgehead atoms. The predicted molar refractivity (Wildman–Crippen MR) is 143 cm³/mol. The van der Waals surface area contributed by atoms with E-state index in [0.717, 1.165) is 29.1 Å². The Bertz CT molecular complexity index is 1320. The zero-order valence-electron chi connectivity index (χ0n) is 20.4. The zero-order chi connectivity index (χ0) is 25.1. The summed E-state index contributed by atoms with van der Waals surface area (Å²) in [5, 5.41) is 2.67. The number of rotatable bonds is 7. The molecule has 2 amide bonds. The third-order valence-electron chi connectivity index (χ3n) is 6.21. The number of carbonyl (C=O) groups is 2. The minimum absolute atomic E-state index is 0.0136. The molecule has 35 heavy (non-hydrogen) atoms. The third-order valence-corrected chi connectivity index (χ3v) is 6.50. The van der Waals surface area contributed by atoms with Crippen LogP contribution in [0.1, 0.15) is 42.3 Å². The van der Waals surface area contributed by atoms with Gasteiger partial charge in [-0.3, -0.25) is 14.9 Å². The largest absolute Gasteiger partial charge is 0.495 e. The number of carbonyl (C=O) groups excluding carboxylic acids is 2. The Kier molecular flexibility index (Phi) is 7.17. The number of aryl methyl sites for hydroxylation is 2. The van der Waals surface area contributed by atoms with E-state index in [0.29, 0.717) is 11.4 Å². The number of unbranched alkanes of at least 4 members (excludes halogenated alkanes) is 1. The van der Waals surface area contributed by atoms with Crippen molar-refractivity contribution in [1.29, 1.82) is 0 Å². The highest BCUT2D eigenvalue weighted by Gasteiger charge is 2.36. The normalized spacial score (nSPS) is 15.0. The quantitative estimate of drug-likeness (QED) is 0.280. The fourth-order valence-corrected chi connectivity index (χ4v) is 4.64. The number of hydrogen-bond donors (Lipinski definition) is 1. The first-order valence-corrected chi connectivity index (χ1v) is 12.1. The molecule has 1 aliphatic rings. The monoisotopic (exact) mass is 487 g/mol. The lowest BCUT2D eigenvalue weighted by Crippen LogP contribution is -2.54. The molecule has 1 N–H and O–H groups in total. The smallest absolute Gasteiger partial charge is 0.270 e. The highest BCUT2D eigenvalue weighted by Crippen LogP contribution is 2.31. The number of hydrogen-bond acceptors (Lipinski definition) is 4. The van der Waals surface area contributed by atoms with E-state index in [1.807, 2.05) is 19.9 Å². The van der Waals surface area contributed by atoms with Gasteiger partial charge in [-0.15, -0.1) is 0 Å². The number of ether oxygens (including phenoxy) is 1. The second-order valence-electron chi connectivity index (χ2n) is 8.56. The van der Waals surface area contributed by atoms with Crippen molar-refractivity contribution in [3.05, 3.63) is 82.7 Å². The van der Waals surface area contributed by atoms with E-state index in [-0.39, 0.29) is 10.7 Å². The Hall–Kier alpha value is -3.71. The van der Waals surface area contributed by atoms with Crippen LogP contribution in [0.4, 0.5) is 5.69 Å². The number of methoxy groups -OCH3 is 1. The highest BCUT2D eigenvalue weighted by molar-refractivity contribution is 7.80. The van der Waals surface area contributed by atoms with E-state index in [9.17, 15) is 9.59 Å². The van der Waals surface area contributed by atoms with Gasteiger partial charge in [0.15, 0.2) is 5.11 Å². The van der Waals surface area contributed by atoms with Gasteiger partial charge in [-0.05, 0) is 86.4 Å². The Morgan fingerprint density at radius 2 is 1.77 bits per heavy atom. The molecular weight excluding hydrogens is 458 g/mol. The van der Waals surface area contributed by atoms with Gasteiger partial charge in [0, 0.05) is 17.1 Å². The predicted octanol–water partition coefficient (Wildman–Crippen LogP) is 5.28. The third kappa shape index (κ3) is 4.77. The number of para-hydroxylation sites is 2. The summed E-state index contributed by atoms with van der Waals surface area (Å²) < 4.78 is 7.53. The number of anilines is 1. The van der Waals surface area contributed by atoms with Gasteiger partial charge in [-0.25, -0.2) is 4.90 Å². The van der Waals surface area contributed by atoms with Crippen LogP contribution in [0.5, 0.6) is 5.75 Å². The average Bonchev–Trinajstić information content (AvgIpc) is 3.13. The fraction of sp³-hybridized carbons (Fsp3) is 0.250. The van der Waals surface area contributed by atoms with Gasteiger partial charge >= 0.3 is 0 Å². The van der Waals surface area contributed by atoms with Crippen molar-refractivity contribution in [2.24, 2.45) is 0 Å². The summed E-state index contributed by atoms with van der Waals surface area (Å²) in [5.74, 6) is -0.524. The molecule has 3 aromatic rings. The van der Waals surface area contributed by atoms with Crippen LogP contribution in [0.3, 0.4) is 0 Å². The van der Waals surface area contributed by atoms with Crippen LogP contribution in [0.15, 0.2) is 60.2 Å². The summed E-state index contributed by atoms with van der Waals surface area (Å²) in [6, 6.07) is 17.6. The molecule has 7 heteroatoms. The number of nitrogens with one attached hydrogen (secondary N) is 1. The Balaban J connectivity index is 1.70. The minimum atomic E-state index is -0.517. The maximum Gasteiger partial charge on any atom is 0.270 e. The zero-order valence-corrected chi connectivity index (χ0v) is 21.2. The number of benzene rings is 2. The van der Waals surface area contributed by atoms with Crippen LogP contribution in [0.2, 0.25) is 0 Å². The Morgan fingerprint density at radius 1 is 1.06 bits per heavy atom. The molecule has 0 saturated carbocycles. The van der Waals surface area contributed by atoms with Crippen molar-refractivity contribution in [1.82, 2.24) is 9.88 Å². The van der Waals surface area contributed by atoms with Gasteiger partial charge in [0.2, 0.25) is 0 Å². The highest BCUT2D eigenvalue weighted by atomic mass is 32.1. The van der Waals surface area contributed by atoms with Crippen LogP contribution in [0, 0.1) is 13.8 Å². The van der Waals surface area contributed by atoms with E-state index >= 15 is 0 Å². The number of nitrogens with zero attached hydrogens (tertiary/aromatic N) is 2. The fourth-order valence-electron chi connectivity index (χ4n) is 4.37. The van der Waals surface area contributed by atoms with Crippen LogP contribution >= 0.6 is 12.2 Å². The van der Waals surface area contributed by atoms with Crippen LogP contribution < -0.4 is 15.0 Å². The lowest BCUT2D eigenvalue weighted by molar-refractivity contribution is -0.122. The number of amides is 2. The van der Waals surface area contributed by atoms with Crippen LogP contribution in [0.25, 0.3) is 11.8 Å². The molecule has 4 rings (SSSR count). The molecule has 0 unspecified atom stereocenters. The summed E-state index contributed by atoms with van der Waals surface area (Å²) in [6.45, 7) is 6.19. The van der Waals surface area contributed by atoms with Gasteiger partial charge in [0.25, 0.3) is 11.8 Å². The maximum absolute atomic E-state index is 13.5. The molecule has 0 aliphatic carbocycles. The van der Waals surface area contributed by atoms with E-state index < -0.39 is 11.8 Å². The molecule has 0 radical (unpaired) electrons. The number of aromatic nitrogens is 1. The Labute approximate surface area is 211 Å². The molecule has 2 aromatic carbocycles. The SMILES string of the molecule is CCCCc1ccc(-n2c(C)cc(/C=C3\C(=O)NC(=S)N(c4ccccc4OC)C3=O)c2C)cc1. The van der Waals surface area contributed by atoms with E-state index in [1.165, 1.54) is 30.4 Å². The van der Waals surface area contributed by atoms with Crippen LogP contribution in [-0.2, 0) is 16.0 Å². The molecule has 180 valence electrons. The van der Waals surface area contributed by atoms with Crippen molar-refractivity contribution in [3.8, 4) is 11.4 Å². The Morgan fingerprint density at radius 3 is 2.46 bits per heavy atom. The van der Waals surface area contributed by atoms with Crippen LogP contribution in [-0.4, -0.2) is 28.6 Å². The standard InChI is InChI=1S/C28H29N3O3S/c1-5-6-9-20-12-14-22(15-13-20)30-18(2)16-21(19(30)3)17-23-26(32)29-28(35)31(27(23)33)24-10-7-8-11-25(24)34-4/h7-8,10-17H,5-6,9H2,1-4H3,(H,29,32,35)/b23-17+. The lowest BCUT2D eigenvalue weighted by atomic mass is 10.1. The second kappa shape index (κ2) is 10.3. The van der Waals surface area contributed by atoms with E-state index in [4.69, 9.17) is 17.0 Å². The maximum atomic E-state index is 13.5. The molecule has 1 aromatic heterocycles. The van der Waals surface area contributed by atoms with Gasteiger partial charge in [0.1, 0.15) is 11.3 Å². The molecule has 0 atom stereocenters. The second-order valence-corrected chi connectivity index (χ2v) is 8.95. The lowest BCUT2D eigenvalue weighted by Gasteiger charge is -2.29. The van der Waals surface area contributed by atoms with Crippen molar-refractivity contribution >= 4 is 40.9 Å². The minimum Gasteiger partial charge on any atom is -0.495 e. The topological polar surface area (TPSA) is 63.6 Å². The van der Waals surface area contributed by atoms with E-state index in [1.54, 1.807) is 30.3 Å². The van der Waals surface area contributed by atoms with E-state index in [2.05, 4.69) is 41.1 Å². The average molecular weight is 488 g/mol. The van der Waals surface area contributed by atoms with Crippen molar-refractivity contribution in [3.63, 3.8) is 0 Å². The molecule has 1 fully saturated rings. The van der Waals surface area contributed by atoms with Crippen molar-refractivity contribution in [2.45, 2.75) is 40.0 Å². The van der Waals surface area contributed by atoms with Gasteiger partial charge in [-0.2, -0.15) is 0 Å². The first-order chi connectivity index (χ1) is 16.8. The summed E-state index contributed by atoms with van der Waals surface area (Å²) in [6.07, 6.45) is 5.04. The molecule has 2 heterocycles. The molecule has 6 nitrogen and oxygen atoms in total. The summed E-state index contributed by atoms with van der Waals surface area (Å²) in [7, 11) is 1.52. The molecule has 1 aliphatic heterocycles. The van der Waals surface area contributed by atoms with Gasteiger partial charge in [-0.1, -0.05) is 37.6 Å². The van der Waals surface area contributed by atoms with Crippen molar-refractivity contribution in [2.75, 3.05) is 12.0 Å². The van der Waals surface area contributed by atoms with Gasteiger partial charge < -0.3 is 9.30 Å². The van der Waals surface area contributed by atoms with Crippen molar-refractivity contribution < 1.29 is 14.3 Å². The summed E-state index contributed by atoms with van der Waals surface area (Å²) >= 11 is 5.33. The molecule has 1 saturated heterocycles. The first kappa shape index (κ1) is 24.4. The molecule has 0 spiro atoms.